The second kappa shape index (κ2) is 35.6. The van der Waals surface area contributed by atoms with Crippen LogP contribution in [0.15, 0.2) is 60.8 Å². The monoisotopic (exact) mass is 782 g/mol. The molecule has 0 radical (unpaired) electrons. The Kier molecular flexibility index (Phi) is 34.4. The highest BCUT2D eigenvalue weighted by Gasteiger charge is 2.28. The summed E-state index contributed by atoms with van der Waals surface area (Å²) in [7, 11) is 1.55. The lowest BCUT2D eigenvalue weighted by Crippen LogP contribution is -2.46. The molecule has 0 aromatic carbocycles. The third kappa shape index (κ3) is 37.1. The van der Waals surface area contributed by atoms with Gasteiger partial charge in [0.05, 0.1) is 46.0 Å². The molecule has 54 heavy (non-hydrogen) atoms. The third-order valence-electron chi connectivity index (χ3n) is 9.19. The number of hydrogen-bond donors (Lipinski definition) is 4. The second-order valence-electron chi connectivity index (χ2n) is 15.5. The average Bonchev–Trinajstić information content (AvgIpc) is 3.12. The van der Waals surface area contributed by atoms with Crippen LogP contribution >= 0.6 is 7.82 Å². The molecule has 314 valence electrons. The van der Waals surface area contributed by atoms with E-state index >= 15 is 0 Å². The van der Waals surface area contributed by atoms with E-state index in [1.807, 2.05) is 40.2 Å². The number of likely N-dealkylation sites (N-methyl/N-ethyl adjacent to an activating group) is 1. The van der Waals surface area contributed by atoms with E-state index in [1.54, 1.807) is 6.08 Å². The second-order valence-corrected chi connectivity index (χ2v) is 17.0. The number of nitrogens with zero attached hydrogens (tertiary/aromatic N) is 1. The molecule has 0 spiro atoms. The number of rotatable bonds is 37. The number of phosphoric ester groups is 1. The lowest BCUT2D eigenvalue weighted by Gasteiger charge is -2.26. The van der Waals surface area contributed by atoms with Crippen LogP contribution in [-0.4, -0.2) is 84.6 Å². The third-order valence-corrected chi connectivity index (χ3v) is 10.2. The van der Waals surface area contributed by atoms with Gasteiger partial charge in [0.15, 0.2) is 0 Å². The van der Waals surface area contributed by atoms with Gasteiger partial charge in [0, 0.05) is 6.42 Å². The molecule has 0 aliphatic heterocycles. The zero-order valence-electron chi connectivity index (χ0n) is 35.1. The number of amides is 1. The van der Waals surface area contributed by atoms with Crippen molar-refractivity contribution in [2.24, 2.45) is 0 Å². The van der Waals surface area contributed by atoms with E-state index in [9.17, 15) is 24.5 Å². The smallest absolute Gasteiger partial charge is 0.391 e. The number of aliphatic hydroxyl groups is 2. The van der Waals surface area contributed by atoms with E-state index in [-0.39, 0.29) is 31.6 Å². The summed E-state index contributed by atoms with van der Waals surface area (Å²) in [6.07, 6.45) is 42.0. The SMILES string of the molecule is CCCCCCCCCCCCCCCC[C@@H](O)[C@H](COP(=O)(O)OCC[N+](C)(C)C)NC(=O)CCC/C=C\C/C=C\C/C=C\C/C=C\C=C\[C@H](O)CC. The van der Waals surface area contributed by atoms with E-state index < -0.39 is 20.0 Å². The largest absolute Gasteiger partial charge is 0.472 e. The van der Waals surface area contributed by atoms with Gasteiger partial charge in [0.1, 0.15) is 13.2 Å². The number of phosphoric acid groups is 1. The predicted molar refractivity (Wildman–Crippen MR) is 227 cm³/mol. The quantitative estimate of drug-likeness (QED) is 0.0163. The Morgan fingerprint density at radius 2 is 1.22 bits per heavy atom. The number of aliphatic hydroxyl groups excluding tert-OH is 2. The molecule has 0 aromatic heterocycles. The summed E-state index contributed by atoms with van der Waals surface area (Å²) < 4.78 is 23.5. The Balaban J connectivity index is 4.54. The van der Waals surface area contributed by atoms with Gasteiger partial charge in [0.2, 0.25) is 5.91 Å². The van der Waals surface area contributed by atoms with Crippen molar-refractivity contribution in [1.29, 1.82) is 0 Å². The van der Waals surface area contributed by atoms with Crippen molar-refractivity contribution in [3.63, 3.8) is 0 Å². The fourth-order valence-electron chi connectivity index (χ4n) is 5.62. The number of nitrogens with one attached hydrogen (secondary N) is 1. The fraction of sp³-hybridized carbons (Fsp3) is 0.750. The molecule has 0 bridgehead atoms. The molecule has 10 heteroatoms. The maximum absolute atomic E-state index is 12.8. The fourth-order valence-corrected chi connectivity index (χ4v) is 6.36. The molecule has 0 rings (SSSR count). The van der Waals surface area contributed by atoms with Crippen molar-refractivity contribution < 1.29 is 38.0 Å². The molecule has 0 saturated carbocycles. The lowest BCUT2D eigenvalue weighted by molar-refractivity contribution is -0.870. The van der Waals surface area contributed by atoms with Crippen LogP contribution in [0.1, 0.15) is 155 Å². The van der Waals surface area contributed by atoms with E-state index in [2.05, 4.69) is 54.8 Å². The van der Waals surface area contributed by atoms with Crippen molar-refractivity contribution in [3.8, 4) is 0 Å². The molecule has 1 amide bonds. The Hall–Kier alpha value is -1.84. The number of quaternary nitrogens is 1. The van der Waals surface area contributed by atoms with Crippen LogP contribution in [0.2, 0.25) is 0 Å². The number of unbranched alkanes of at least 4 members (excludes halogenated alkanes) is 14. The minimum Gasteiger partial charge on any atom is -0.391 e. The van der Waals surface area contributed by atoms with Crippen LogP contribution < -0.4 is 5.32 Å². The summed E-state index contributed by atoms with van der Waals surface area (Å²) in [4.78, 5) is 23.1. The molecular formula is C44H82N2O7P+. The van der Waals surface area contributed by atoms with Gasteiger partial charge in [-0.2, -0.15) is 0 Å². The molecule has 1 unspecified atom stereocenters. The summed E-state index contributed by atoms with van der Waals surface area (Å²) in [6.45, 7) is 4.49. The maximum atomic E-state index is 12.8. The molecule has 0 heterocycles. The normalized spacial score (nSPS) is 15.6. The predicted octanol–water partition coefficient (Wildman–Crippen LogP) is 10.4. The molecule has 0 fully saturated rings. The van der Waals surface area contributed by atoms with Gasteiger partial charge in [-0.05, 0) is 44.9 Å². The lowest BCUT2D eigenvalue weighted by atomic mass is 10.0. The molecule has 4 atom stereocenters. The summed E-state index contributed by atoms with van der Waals surface area (Å²) in [5.41, 5.74) is 0. The first-order valence-electron chi connectivity index (χ1n) is 21.3. The highest BCUT2D eigenvalue weighted by atomic mass is 31.2. The van der Waals surface area contributed by atoms with E-state index in [0.717, 1.165) is 51.4 Å². The molecule has 4 N–H and O–H groups in total. The maximum Gasteiger partial charge on any atom is 0.472 e. The van der Waals surface area contributed by atoms with Gasteiger partial charge in [-0.3, -0.25) is 13.8 Å². The van der Waals surface area contributed by atoms with Crippen molar-refractivity contribution in [2.75, 3.05) is 40.9 Å². The van der Waals surface area contributed by atoms with Crippen molar-refractivity contribution >= 4 is 13.7 Å². The van der Waals surface area contributed by atoms with Gasteiger partial charge in [-0.15, -0.1) is 0 Å². The van der Waals surface area contributed by atoms with E-state index in [1.165, 1.54) is 70.6 Å². The highest BCUT2D eigenvalue weighted by Crippen LogP contribution is 2.43. The standard InChI is InChI=1S/C44H81N2O7P/c1-6-8-9-10-11-12-13-14-18-21-24-27-30-33-36-43(48)42(40-53-54(50,51)52-39-38-46(3,4)5)45-44(49)37-34-31-28-25-22-19-16-15-17-20-23-26-29-32-35-41(47)7-2/h16-17,19-20,25-26,28-29,32,35,41-43,47-48H,6-15,18,21-24,27,30-31,33-34,36-40H2,1-5H3,(H-,45,49,50,51)/p+1/b19-16-,20-17-,28-25-,29-26-,35-32+/t41-,42+,43-/m1/s1. The van der Waals surface area contributed by atoms with Crippen LogP contribution in [0, 0.1) is 0 Å². The van der Waals surface area contributed by atoms with Crippen LogP contribution in [-0.2, 0) is 18.4 Å². The first kappa shape index (κ1) is 52.2. The van der Waals surface area contributed by atoms with Crippen LogP contribution in [0.25, 0.3) is 0 Å². The Morgan fingerprint density at radius 1 is 0.704 bits per heavy atom. The van der Waals surface area contributed by atoms with Crippen LogP contribution in [0.5, 0.6) is 0 Å². The molecule has 9 nitrogen and oxygen atoms in total. The van der Waals surface area contributed by atoms with Crippen molar-refractivity contribution in [1.82, 2.24) is 5.32 Å². The van der Waals surface area contributed by atoms with Gasteiger partial charge >= 0.3 is 7.82 Å². The summed E-state index contributed by atoms with van der Waals surface area (Å²) in [5.74, 6) is -0.216. The van der Waals surface area contributed by atoms with E-state index in [4.69, 9.17) is 9.05 Å². The summed E-state index contributed by atoms with van der Waals surface area (Å²) in [6, 6.07) is -0.802. The Labute approximate surface area is 331 Å². The number of hydrogen-bond acceptors (Lipinski definition) is 6. The molecule has 0 aliphatic rings. The summed E-state index contributed by atoms with van der Waals surface area (Å²) >= 11 is 0. The van der Waals surface area contributed by atoms with Gasteiger partial charge in [0.25, 0.3) is 0 Å². The topological polar surface area (TPSA) is 125 Å². The van der Waals surface area contributed by atoms with Gasteiger partial charge < -0.3 is 24.9 Å². The van der Waals surface area contributed by atoms with Gasteiger partial charge in [-0.1, -0.05) is 164 Å². The summed E-state index contributed by atoms with van der Waals surface area (Å²) in [5, 5.41) is 23.4. The molecule has 0 aromatic rings. The first-order valence-corrected chi connectivity index (χ1v) is 22.8. The van der Waals surface area contributed by atoms with Crippen LogP contribution in [0.3, 0.4) is 0 Å². The number of carbonyl (C=O) groups excluding carboxylic acids is 1. The molecule has 0 aliphatic carbocycles. The number of carbonyl (C=O) groups is 1. The van der Waals surface area contributed by atoms with Crippen LogP contribution in [0.4, 0.5) is 0 Å². The average molecular weight is 782 g/mol. The van der Waals surface area contributed by atoms with E-state index in [0.29, 0.717) is 23.9 Å². The number of allylic oxidation sites excluding steroid dienone is 9. The molecular weight excluding hydrogens is 699 g/mol. The minimum atomic E-state index is -4.34. The Bertz CT molecular complexity index is 1080. The van der Waals surface area contributed by atoms with Gasteiger partial charge in [-0.25, -0.2) is 4.57 Å². The highest BCUT2D eigenvalue weighted by molar-refractivity contribution is 7.47. The molecule has 0 saturated heterocycles. The van der Waals surface area contributed by atoms with Crippen molar-refractivity contribution in [3.05, 3.63) is 60.8 Å². The zero-order valence-corrected chi connectivity index (χ0v) is 35.9. The minimum absolute atomic E-state index is 0.0547. The first-order chi connectivity index (χ1) is 25.9. The zero-order chi connectivity index (χ0) is 40.2. The Morgan fingerprint density at radius 3 is 1.76 bits per heavy atom. The van der Waals surface area contributed by atoms with Crippen molar-refractivity contribution in [2.45, 2.75) is 173 Å².